The molecule has 3 rings (SSSR count). The van der Waals surface area contributed by atoms with Gasteiger partial charge in [0.2, 0.25) is 0 Å². The van der Waals surface area contributed by atoms with Crippen LogP contribution in [0.4, 0.5) is 0 Å². The number of rotatable bonds is 15. The van der Waals surface area contributed by atoms with E-state index in [9.17, 15) is 18.0 Å². The molecule has 1 aliphatic carbocycles. The summed E-state index contributed by atoms with van der Waals surface area (Å²) in [4.78, 5) is 25.9. The third kappa shape index (κ3) is 10.8. The van der Waals surface area contributed by atoms with Crippen molar-refractivity contribution in [1.82, 2.24) is 10.6 Å². The Bertz CT molecular complexity index is 1260. The van der Waals surface area contributed by atoms with E-state index in [-0.39, 0.29) is 12.2 Å². The predicted molar refractivity (Wildman–Crippen MR) is 169 cm³/mol. The van der Waals surface area contributed by atoms with Gasteiger partial charge in [0.25, 0.3) is 5.91 Å². The molecule has 0 radical (unpaired) electrons. The summed E-state index contributed by atoms with van der Waals surface area (Å²) in [6.07, 6.45) is 8.93. The summed E-state index contributed by atoms with van der Waals surface area (Å²) >= 11 is 1.97. The molecule has 2 aromatic rings. The van der Waals surface area contributed by atoms with Crippen LogP contribution in [0, 0.1) is 12.8 Å². The zero-order valence-electron chi connectivity index (χ0n) is 24.9. The second-order valence-electron chi connectivity index (χ2n) is 11.1. The SMILES string of the molecule is CCSC[C@H](CC1CCCCC1)NCc1ccc(C(=O)N[C@@H](CCS(C)(=O)=O)C(=O)OC)c(-c2ccccc2C)c1. The second-order valence-corrected chi connectivity index (χ2v) is 14.7. The summed E-state index contributed by atoms with van der Waals surface area (Å²) in [6, 6.07) is 13.1. The summed E-state index contributed by atoms with van der Waals surface area (Å²) in [7, 11) is -2.10. The number of benzene rings is 2. The maximum absolute atomic E-state index is 13.5. The maximum Gasteiger partial charge on any atom is 0.328 e. The number of thioether (sulfide) groups is 1. The highest BCUT2D eigenvalue weighted by molar-refractivity contribution is 7.99. The number of amides is 1. The molecule has 0 heterocycles. The number of aryl methyl sites for hydroxylation is 1. The lowest BCUT2D eigenvalue weighted by atomic mass is 9.85. The average Bonchev–Trinajstić information content (AvgIpc) is 2.96. The molecule has 2 aromatic carbocycles. The third-order valence-corrected chi connectivity index (χ3v) is 9.82. The van der Waals surface area contributed by atoms with E-state index in [4.69, 9.17) is 4.74 Å². The Morgan fingerprint density at radius 3 is 2.46 bits per heavy atom. The minimum Gasteiger partial charge on any atom is -0.467 e. The van der Waals surface area contributed by atoms with E-state index in [1.165, 1.54) is 45.6 Å². The summed E-state index contributed by atoms with van der Waals surface area (Å²) in [5, 5.41) is 6.53. The minimum absolute atomic E-state index is 0.0584. The van der Waals surface area contributed by atoms with Crippen molar-refractivity contribution < 1.29 is 22.7 Å². The summed E-state index contributed by atoms with van der Waals surface area (Å²) < 4.78 is 28.3. The number of sulfone groups is 1. The van der Waals surface area contributed by atoms with Gasteiger partial charge in [-0.15, -0.1) is 0 Å². The van der Waals surface area contributed by atoms with Gasteiger partial charge in [0.15, 0.2) is 0 Å². The van der Waals surface area contributed by atoms with Crippen molar-refractivity contribution in [1.29, 1.82) is 0 Å². The lowest BCUT2D eigenvalue weighted by molar-refractivity contribution is -0.142. The molecule has 2 N–H and O–H groups in total. The van der Waals surface area contributed by atoms with Crippen molar-refractivity contribution in [3.63, 3.8) is 0 Å². The fourth-order valence-electron chi connectivity index (χ4n) is 5.51. The highest BCUT2D eigenvalue weighted by Gasteiger charge is 2.25. The molecule has 0 unspecified atom stereocenters. The van der Waals surface area contributed by atoms with Crippen LogP contribution in [0.5, 0.6) is 0 Å². The molecule has 1 fully saturated rings. The van der Waals surface area contributed by atoms with Crippen molar-refractivity contribution in [2.24, 2.45) is 5.92 Å². The first-order chi connectivity index (χ1) is 19.6. The lowest BCUT2D eigenvalue weighted by Gasteiger charge is -2.27. The molecule has 1 aliphatic rings. The molecular formula is C32H46N2O5S2. The number of methoxy groups -OCH3 is 1. The fraction of sp³-hybridized carbons (Fsp3) is 0.562. The van der Waals surface area contributed by atoms with Gasteiger partial charge >= 0.3 is 5.97 Å². The quantitative estimate of drug-likeness (QED) is 0.258. The molecule has 0 aromatic heterocycles. The number of carbonyl (C=O) groups is 2. The number of nitrogens with one attached hydrogen (secondary N) is 2. The van der Waals surface area contributed by atoms with Crippen LogP contribution in [0.25, 0.3) is 11.1 Å². The molecule has 226 valence electrons. The zero-order chi connectivity index (χ0) is 29.8. The third-order valence-electron chi connectivity index (χ3n) is 7.79. The predicted octanol–water partition coefficient (Wildman–Crippen LogP) is 5.55. The first-order valence-electron chi connectivity index (χ1n) is 14.7. The topological polar surface area (TPSA) is 102 Å². The van der Waals surface area contributed by atoms with Gasteiger partial charge in [-0.05, 0) is 65.8 Å². The standard InChI is InChI=1S/C32H46N2O5S2/c1-5-40-22-26(19-24-12-7-6-8-13-24)33-21-25-15-16-28(29(20-25)27-14-10-9-11-23(27)2)31(35)34-30(32(36)39-3)17-18-41(4,37)38/h9-11,14-16,20,24,26,30,33H,5-8,12-13,17-19,21-22H2,1-4H3,(H,34,35)/t26-,30-/m0/s1. The van der Waals surface area contributed by atoms with Crippen LogP contribution in [0.1, 0.15) is 73.4 Å². The molecule has 41 heavy (non-hydrogen) atoms. The number of hydrogen-bond acceptors (Lipinski definition) is 7. The Hall–Kier alpha value is -2.36. The highest BCUT2D eigenvalue weighted by Crippen LogP contribution is 2.30. The summed E-state index contributed by atoms with van der Waals surface area (Å²) in [6.45, 7) is 4.90. The van der Waals surface area contributed by atoms with Crippen molar-refractivity contribution in [2.75, 3.05) is 30.6 Å². The molecule has 2 atom stereocenters. The zero-order valence-corrected chi connectivity index (χ0v) is 26.5. The van der Waals surface area contributed by atoms with Crippen LogP contribution in [-0.2, 0) is 25.9 Å². The van der Waals surface area contributed by atoms with Gasteiger partial charge < -0.3 is 15.4 Å². The first kappa shape index (κ1) is 33.1. The van der Waals surface area contributed by atoms with Crippen LogP contribution >= 0.6 is 11.8 Å². The van der Waals surface area contributed by atoms with Gasteiger partial charge in [-0.1, -0.05) is 69.4 Å². The van der Waals surface area contributed by atoms with Crippen LogP contribution in [0.2, 0.25) is 0 Å². The number of esters is 1. The van der Waals surface area contributed by atoms with Crippen LogP contribution in [0.3, 0.4) is 0 Å². The Morgan fingerprint density at radius 1 is 1.07 bits per heavy atom. The first-order valence-corrected chi connectivity index (χ1v) is 17.9. The van der Waals surface area contributed by atoms with E-state index in [0.29, 0.717) is 18.2 Å². The molecule has 1 saturated carbocycles. The van der Waals surface area contributed by atoms with Crippen molar-refractivity contribution in [3.05, 3.63) is 59.2 Å². The molecule has 0 bridgehead atoms. The van der Waals surface area contributed by atoms with Gasteiger partial charge in [-0.2, -0.15) is 11.8 Å². The Kier molecular flexibility index (Phi) is 13.2. The van der Waals surface area contributed by atoms with E-state index >= 15 is 0 Å². The minimum atomic E-state index is -3.32. The molecule has 7 nitrogen and oxygen atoms in total. The smallest absolute Gasteiger partial charge is 0.328 e. The average molecular weight is 603 g/mol. The Balaban J connectivity index is 1.84. The molecule has 0 saturated heterocycles. The number of carbonyl (C=O) groups excluding carboxylic acids is 2. The molecule has 0 aliphatic heterocycles. The van der Waals surface area contributed by atoms with Crippen molar-refractivity contribution in [3.8, 4) is 11.1 Å². The molecule has 0 spiro atoms. The number of hydrogen-bond donors (Lipinski definition) is 2. The normalized spacial score (nSPS) is 15.7. The van der Waals surface area contributed by atoms with Gasteiger partial charge in [-0.25, -0.2) is 13.2 Å². The second kappa shape index (κ2) is 16.3. The van der Waals surface area contributed by atoms with E-state index in [0.717, 1.165) is 45.9 Å². The highest BCUT2D eigenvalue weighted by atomic mass is 32.2. The van der Waals surface area contributed by atoms with E-state index in [1.807, 2.05) is 49.0 Å². The Morgan fingerprint density at radius 2 is 1.80 bits per heavy atom. The lowest BCUT2D eigenvalue weighted by Crippen LogP contribution is -2.42. The summed E-state index contributed by atoms with van der Waals surface area (Å²) in [5.41, 5.74) is 4.25. The van der Waals surface area contributed by atoms with E-state index in [2.05, 4.69) is 23.6 Å². The molecule has 9 heteroatoms. The van der Waals surface area contributed by atoms with Crippen LogP contribution < -0.4 is 10.6 Å². The van der Waals surface area contributed by atoms with Crippen LogP contribution in [-0.4, -0.2) is 63.0 Å². The Labute approximate surface area is 250 Å². The van der Waals surface area contributed by atoms with Gasteiger partial charge in [0, 0.05) is 30.2 Å². The van der Waals surface area contributed by atoms with Gasteiger partial charge in [0.05, 0.1) is 12.9 Å². The van der Waals surface area contributed by atoms with Crippen molar-refractivity contribution in [2.45, 2.75) is 77.4 Å². The van der Waals surface area contributed by atoms with E-state index in [1.54, 1.807) is 6.07 Å². The summed E-state index contributed by atoms with van der Waals surface area (Å²) in [5.74, 6) is 1.62. The van der Waals surface area contributed by atoms with Gasteiger partial charge in [-0.3, -0.25) is 4.79 Å². The fourth-order valence-corrected chi connectivity index (χ4v) is 6.95. The molecular weight excluding hydrogens is 556 g/mol. The van der Waals surface area contributed by atoms with Crippen LogP contribution in [0.15, 0.2) is 42.5 Å². The van der Waals surface area contributed by atoms with E-state index < -0.39 is 27.8 Å². The molecule has 1 amide bonds. The maximum atomic E-state index is 13.5. The van der Waals surface area contributed by atoms with Crippen molar-refractivity contribution >= 4 is 33.5 Å². The number of ether oxygens (including phenoxy) is 1. The largest absolute Gasteiger partial charge is 0.467 e. The monoisotopic (exact) mass is 602 g/mol. The van der Waals surface area contributed by atoms with Gasteiger partial charge in [0.1, 0.15) is 15.9 Å².